The van der Waals surface area contributed by atoms with Gasteiger partial charge in [-0.3, -0.25) is 4.57 Å². The molecule has 5 nitrogen and oxygen atoms in total. The summed E-state index contributed by atoms with van der Waals surface area (Å²) in [6.45, 7) is 5.88. The molecule has 2 aliphatic rings. The largest absolute Gasteiger partial charge is 0.371 e. The Labute approximate surface area is 184 Å². The Morgan fingerprint density at radius 3 is 2.77 bits per heavy atom. The van der Waals surface area contributed by atoms with E-state index in [4.69, 9.17) is 11.6 Å². The number of aryl methyl sites for hydroxylation is 1. The van der Waals surface area contributed by atoms with Crippen LogP contribution in [0.3, 0.4) is 0 Å². The lowest BCUT2D eigenvalue weighted by atomic mass is 9.80. The molecule has 1 fully saturated rings. The molecule has 0 unspecified atom stereocenters. The SMILES string of the molecule is Cc1nnc2n1-c1c(cc(F)c(-c3cccc4c(C5CCC5)c[nH]c34)c1Cl)NC2(C)C. The number of hydrogen-bond acceptors (Lipinski definition) is 3. The quantitative estimate of drug-likeness (QED) is 0.380. The molecule has 2 N–H and O–H groups in total. The topological polar surface area (TPSA) is 58.5 Å². The zero-order chi connectivity index (χ0) is 21.5. The summed E-state index contributed by atoms with van der Waals surface area (Å²) >= 11 is 6.95. The van der Waals surface area contributed by atoms with E-state index < -0.39 is 5.54 Å². The van der Waals surface area contributed by atoms with Crippen molar-refractivity contribution in [2.75, 3.05) is 5.32 Å². The average molecular weight is 436 g/mol. The normalized spacial score (nSPS) is 17.2. The highest BCUT2D eigenvalue weighted by Crippen LogP contribution is 2.47. The molecule has 3 heterocycles. The minimum Gasteiger partial charge on any atom is -0.371 e. The van der Waals surface area contributed by atoms with Gasteiger partial charge in [0, 0.05) is 22.7 Å². The molecule has 158 valence electrons. The molecule has 1 aliphatic heterocycles. The summed E-state index contributed by atoms with van der Waals surface area (Å²) in [5, 5.41) is 13.5. The number of nitrogens with zero attached hydrogens (tertiary/aromatic N) is 3. The zero-order valence-corrected chi connectivity index (χ0v) is 18.4. The monoisotopic (exact) mass is 435 g/mol. The van der Waals surface area contributed by atoms with E-state index >= 15 is 4.39 Å². The van der Waals surface area contributed by atoms with Gasteiger partial charge < -0.3 is 10.3 Å². The van der Waals surface area contributed by atoms with E-state index in [1.54, 1.807) is 0 Å². The number of aromatic amines is 1. The highest BCUT2D eigenvalue weighted by molar-refractivity contribution is 6.36. The molecule has 0 saturated heterocycles. The van der Waals surface area contributed by atoms with Crippen LogP contribution in [0.1, 0.15) is 56.2 Å². The number of hydrogen-bond donors (Lipinski definition) is 2. The maximum absolute atomic E-state index is 15.6. The molecular formula is C24H23ClFN5. The van der Waals surface area contributed by atoms with Crippen LogP contribution >= 0.6 is 11.6 Å². The van der Waals surface area contributed by atoms with Crippen LogP contribution in [0, 0.1) is 12.7 Å². The Bertz CT molecular complexity index is 1360. The van der Waals surface area contributed by atoms with Gasteiger partial charge in [-0.2, -0.15) is 0 Å². The molecule has 0 spiro atoms. The van der Waals surface area contributed by atoms with Gasteiger partial charge >= 0.3 is 0 Å². The van der Waals surface area contributed by atoms with Crippen LogP contribution in [0.15, 0.2) is 30.5 Å². The number of rotatable bonds is 2. The van der Waals surface area contributed by atoms with Crippen LogP contribution in [0.4, 0.5) is 10.1 Å². The van der Waals surface area contributed by atoms with Gasteiger partial charge in [0.15, 0.2) is 5.82 Å². The standard InChI is InChI=1S/C24H23ClFN5/c1-12-29-30-23-24(2,3)28-18-10-17(26)19(20(25)22(18)31(12)23)15-9-5-8-14-16(11-27-21(14)15)13-6-4-7-13/h5,8-11,13,27-28H,4,6-7H2,1-3H3. The second-order valence-electron chi connectivity index (χ2n) is 9.20. The van der Waals surface area contributed by atoms with Crippen molar-refractivity contribution in [2.45, 2.75) is 51.5 Å². The third-order valence-corrected chi connectivity index (χ3v) is 7.18. The summed E-state index contributed by atoms with van der Waals surface area (Å²) in [7, 11) is 0. The Kier molecular flexibility index (Phi) is 3.85. The highest BCUT2D eigenvalue weighted by Gasteiger charge is 2.37. The number of H-pyrrole nitrogens is 1. The van der Waals surface area contributed by atoms with Crippen molar-refractivity contribution in [1.29, 1.82) is 0 Å². The third kappa shape index (κ3) is 2.54. The van der Waals surface area contributed by atoms with E-state index in [1.807, 2.05) is 37.5 Å². The minimum absolute atomic E-state index is 0.353. The predicted octanol–water partition coefficient (Wildman–Crippen LogP) is 6.44. The molecule has 0 radical (unpaired) electrons. The van der Waals surface area contributed by atoms with E-state index in [-0.39, 0.29) is 5.82 Å². The van der Waals surface area contributed by atoms with Gasteiger partial charge in [0.1, 0.15) is 11.6 Å². The number of nitrogens with one attached hydrogen (secondary N) is 2. The van der Waals surface area contributed by atoms with Crippen LogP contribution in [0.5, 0.6) is 0 Å². The van der Waals surface area contributed by atoms with Gasteiger partial charge in [-0.1, -0.05) is 36.2 Å². The lowest BCUT2D eigenvalue weighted by Gasteiger charge is -2.34. The number of benzene rings is 2. The molecule has 7 heteroatoms. The van der Waals surface area contributed by atoms with Gasteiger partial charge in [0.25, 0.3) is 0 Å². The maximum Gasteiger partial charge on any atom is 0.162 e. The molecule has 1 saturated carbocycles. The van der Waals surface area contributed by atoms with Crippen molar-refractivity contribution >= 4 is 28.2 Å². The highest BCUT2D eigenvalue weighted by atomic mass is 35.5. The average Bonchev–Trinajstić information content (AvgIpc) is 3.25. The molecule has 2 aromatic carbocycles. The summed E-state index contributed by atoms with van der Waals surface area (Å²) in [6.07, 6.45) is 5.77. The Morgan fingerprint density at radius 1 is 1.23 bits per heavy atom. The van der Waals surface area contributed by atoms with Gasteiger partial charge in [-0.15, -0.1) is 10.2 Å². The summed E-state index contributed by atoms with van der Waals surface area (Å²) in [6, 6.07) is 7.56. The second-order valence-corrected chi connectivity index (χ2v) is 9.58. The fourth-order valence-corrected chi connectivity index (χ4v) is 5.42. The molecule has 2 aromatic heterocycles. The Hall–Kier alpha value is -2.86. The fourth-order valence-electron chi connectivity index (χ4n) is 5.04. The van der Waals surface area contributed by atoms with Crippen molar-refractivity contribution < 1.29 is 4.39 Å². The molecular weight excluding hydrogens is 413 g/mol. The summed E-state index contributed by atoms with van der Waals surface area (Å²) < 4.78 is 17.5. The van der Waals surface area contributed by atoms with Crippen molar-refractivity contribution in [1.82, 2.24) is 19.7 Å². The van der Waals surface area contributed by atoms with Crippen LogP contribution in [-0.2, 0) is 5.54 Å². The maximum atomic E-state index is 15.6. The summed E-state index contributed by atoms with van der Waals surface area (Å²) in [5.41, 5.74) is 4.24. The van der Waals surface area contributed by atoms with Crippen molar-refractivity contribution in [2.24, 2.45) is 0 Å². The van der Waals surface area contributed by atoms with Crippen molar-refractivity contribution in [3.05, 3.63) is 58.5 Å². The van der Waals surface area contributed by atoms with Gasteiger partial charge in [0.05, 0.1) is 27.5 Å². The first-order valence-electron chi connectivity index (χ1n) is 10.7. The summed E-state index contributed by atoms with van der Waals surface area (Å²) in [4.78, 5) is 3.41. The number of aromatic nitrogens is 4. The minimum atomic E-state index is -0.497. The number of para-hydroxylation sites is 1. The first-order chi connectivity index (χ1) is 14.9. The number of halogens is 2. The first-order valence-corrected chi connectivity index (χ1v) is 11.1. The third-order valence-electron chi connectivity index (χ3n) is 6.81. The molecule has 0 atom stereocenters. The zero-order valence-electron chi connectivity index (χ0n) is 17.7. The summed E-state index contributed by atoms with van der Waals surface area (Å²) in [5.74, 6) is 1.70. The fraction of sp³-hybridized carbons (Fsp3) is 0.333. The van der Waals surface area contributed by atoms with Crippen molar-refractivity contribution in [3.8, 4) is 16.8 Å². The van der Waals surface area contributed by atoms with Crippen molar-refractivity contribution in [3.63, 3.8) is 0 Å². The van der Waals surface area contributed by atoms with E-state index in [9.17, 15) is 0 Å². The van der Waals surface area contributed by atoms with E-state index in [0.717, 1.165) is 28.1 Å². The lowest BCUT2D eigenvalue weighted by Crippen LogP contribution is -2.36. The molecule has 0 bridgehead atoms. The van der Waals surface area contributed by atoms with E-state index in [1.165, 1.54) is 30.9 Å². The lowest BCUT2D eigenvalue weighted by molar-refractivity contribution is 0.422. The molecule has 31 heavy (non-hydrogen) atoms. The van der Waals surface area contributed by atoms with Crippen LogP contribution in [-0.4, -0.2) is 19.7 Å². The predicted molar refractivity (Wildman–Crippen MR) is 122 cm³/mol. The number of anilines is 1. The van der Waals surface area contributed by atoms with Gasteiger partial charge in [-0.25, -0.2) is 4.39 Å². The van der Waals surface area contributed by atoms with Gasteiger partial charge in [0.2, 0.25) is 0 Å². The Morgan fingerprint density at radius 2 is 2.03 bits per heavy atom. The molecule has 0 amide bonds. The first kappa shape index (κ1) is 18.9. The smallest absolute Gasteiger partial charge is 0.162 e. The van der Waals surface area contributed by atoms with E-state index in [0.29, 0.717) is 27.9 Å². The van der Waals surface area contributed by atoms with Crippen LogP contribution < -0.4 is 5.32 Å². The van der Waals surface area contributed by atoms with Crippen LogP contribution in [0.25, 0.3) is 27.7 Å². The molecule has 6 rings (SSSR count). The van der Waals surface area contributed by atoms with Crippen LogP contribution in [0.2, 0.25) is 5.02 Å². The van der Waals surface area contributed by atoms with Gasteiger partial charge in [-0.05, 0) is 51.2 Å². The molecule has 1 aliphatic carbocycles. The number of fused-ring (bicyclic) bond motifs is 4. The Balaban J connectivity index is 1.61. The van der Waals surface area contributed by atoms with E-state index in [2.05, 4.69) is 32.8 Å². The molecule has 4 aromatic rings. The second kappa shape index (κ2) is 6.33.